The van der Waals surface area contributed by atoms with E-state index in [1.807, 2.05) is 4.72 Å². The highest BCUT2D eigenvalue weighted by molar-refractivity contribution is 7.83. The molecule has 0 fully saturated rings. The molecule has 0 saturated heterocycles. The fraction of sp³-hybridized carbons (Fsp3) is 0.300. The van der Waals surface area contributed by atoms with Crippen molar-refractivity contribution in [3.8, 4) is 0 Å². The Hall–Kier alpha value is -1.44. The second kappa shape index (κ2) is 5.76. The fourth-order valence-electron chi connectivity index (χ4n) is 1.34. The number of ether oxygens (including phenoxy) is 1. The van der Waals surface area contributed by atoms with Gasteiger partial charge >= 0.3 is 16.3 Å². The van der Waals surface area contributed by atoms with E-state index >= 15 is 0 Å². The van der Waals surface area contributed by atoms with Crippen LogP contribution in [0.4, 0.5) is 0 Å². The van der Waals surface area contributed by atoms with E-state index in [4.69, 9.17) is 4.55 Å². The summed E-state index contributed by atoms with van der Waals surface area (Å²) in [5.74, 6) is -0.758. The van der Waals surface area contributed by atoms with Crippen molar-refractivity contribution in [2.45, 2.75) is 12.5 Å². The van der Waals surface area contributed by atoms with Crippen molar-refractivity contribution in [3.63, 3.8) is 0 Å². The standard InChI is InChI=1S/C10H13NO5S/c1-16-10(12)9(11-17(13,14)15)7-8-5-3-2-4-6-8/h2-6,9,11H,7H2,1H3,(H,13,14,15)/t9-/m0/s1. The van der Waals surface area contributed by atoms with Crippen LogP contribution >= 0.6 is 0 Å². The predicted molar refractivity (Wildman–Crippen MR) is 60.6 cm³/mol. The van der Waals surface area contributed by atoms with Gasteiger partial charge in [0, 0.05) is 0 Å². The van der Waals surface area contributed by atoms with Crippen LogP contribution in [-0.4, -0.2) is 32.1 Å². The van der Waals surface area contributed by atoms with Crippen LogP contribution in [0.2, 0.25) is 0 Å². The molecule has 0 bridgehead atoms. The lowest BCUT2D eigenvalue weighted by Crippen LogP contribution is -2.42. The van der Waals surface area contributed by atoms with E-state index in [0.29, 0.717) is 0 Å². The average molecular weight is 259 g/mol. The van der Waals surface area contributed by atoms with Crippen molar-refractivity contribution in [2.24, 2.45) is 0 Å². The van der Waals surface area contributed by atoms with Crippen molar-refractivity contribution in [3.05, 3.63) is 35.9 Å². The highest BCUT2D eigenvalue weighted by Crippen LogP contribution is 2.05. The van der Waals surface area contributed by atoms with Crippen LogP contribution in [0.1, 0.15) is 5.56 Å². The number of carbonyl (C=O) groups excluding carboxylic acids is 1. The minimum absolute atomic E-state index is 0.104. The first-order valence-corrected chi connectivity index (χ1v) is 6.23. The molecule has 0 aromatic heterocycles. The molecule has 0 aliphatic rings. The van der Waals surface area contributed by atoms with Crippen LogP contribution < -0.4 is 4.72 Å². The summed E-state index contributed by atoms with van der Waals surface area (Å²) in [4.78, 5) is 11.3. The van der Waals surface area contributed by atoms with Crippen LogP contribution in [-0.2, 0) is 26.3 Å². The second-order valence-electron chi connectivity index (χ2n) is 3.36. The Morgan fingerprint density at radius 3 is 2.47 bits per heavy atom. The summed E-state index contributed by atoms with van der Waals surface area (Å²) in [6.07, 6.45) is 0.104. The molecule has 6 nitrogen and oxygen atoms in total. The van der Waals surface area contributed by atoms with Crippen molar-refractivity contribution in [1.29, 1.82) is 0 Å². The molecule has 2 N–H and O–H groups in total. The third kappa shape index (κ3) is 4.94. The van der Waals surface area contributed by atoms with Gasteiger partial charge in [-0.2, -0.15) is 13.1 Å². The smallest absolute Gasteiger partial charge is 0.334 e. The average Bonchev–Trinajstić information content (AvgIpc) is 2.27. The van der Waals surface area contributed by atoms with Crippen molar-refractivity contribution in [1.82, 2.24) is 4.72 Å². The van der Waals surface area contributed by atoms with Gasteiger partial charge in [0.25, 0.3) is 0 Å². The summed E-state index contributed by atoms with van der Waals surface area (Å²) in [5.41, 5.74) is 0.749. The molecule has 0 unspecified atom stereocenters. The van der Waals surface area contributed by atoms with E-state index in [1.165, 1.54) is 0 Å². The first kappa shape index (κ1) is 13.6. The molecule has 0 amide bonds. The Kier molecular flexibility index (Phi) is 4.62. The fourth-order valence-corrected chi connectivity index (χ4v) is 1.88. The number of benzene rings is 1. The van der Waals surface area contributed by atoms with Crippen molar-refractivity contribution < 1.29 is 22.5 Å². The third-order valence-electron chi connectivity index (χ3n) is 2.06. The van der Waals surface area contributed by atoms with Gasteiger partial charge in [0.2, 0.25) is 0 Å². The monoisotopic (exact) mass is 259 g/mol. The zero-order valence-corrected chi connectivity index (χ0v) is 9.98. The van der Waals surface area contributed by atoms with E-state index in [0.717, 1.165) is 12.7 Å². The Bertz CT molecular complexity index is 471. The normalized spacial score (nSPS) is 13.1. The Balaban J connectivity index is 2.81. The molecule has 0 aliphatic heterocycles. The molecule has 1 aromatic rings. The first-order valence-electron chi connectivity index (χ1n) is 4.79. The van der Waals surface area contributed by atoms with E-state index in [9.17, 15) is 13.2 Å². The van der Waals surface area contributed by atoms with Crippen molar-refractivity contribution in [2.75, 3.05) is 7.11 Å². The van der Waals surface area contributed by atoms with E-state index in [1.54, 1.807) is 30.3 Å². The molecule has 1 aromatic carbocycles. The third-order valence-corrected chi connectivity index (χ3v) is 2.64. The number of carbonyl (C=O) groups is 1. The largest absolute Gasteiger partial charge is 0.468 e. The van der Waals surface area contributed by atoms with Crippen LogP contribution in [0.3, 0.4) is 0 Å². The molecule has 0 radical (unpaired) electrons. The minimum atomic E-state index is -4.45. The molecule has 0 spiro atoms. The van der Waals surface area contributed by atoms with Gasteiger partial charge in [0.05, 0.1) is 7.11 Å². The van der Waals surface area contributed by atoms with Gasteiger partial charge in [-0.3, -0.25) is 9.35 Å². The zero-order chi connectivity index (χ0) is 12.9. The van der Waals surface area contributed by atoms with Gasteiger partial charge in [0.1, 0.15) is 6.04 Å². The zero-order valence-electron chi connectivity index (χ0n) is 9.16. The highest BCUT2D eigenvalue weighted by atomic mass is 32.2. The van der Waals surface area contributed by atoms with E-state index in [2.05, 4.69) is 4.74 Å². The molecular formula is C10H13NO5S. The van der Waals surface area contributed by atoms with E-state index < -0.39 is 22.3 Å². The number of nitrogens with one attached hydrogen (secondary N) is 1. The summed E-state index contributed by atoms with van der Waals surface area (Å²) in [5, 5.41) is 0. The quantitative estimate of drug-likeness (QED) is 0.580. The first-order chi connectivity index (χ1) is 7.92. The van der Waals surface area contributed by atoms with Crippen molar-refractivity contribution >= 4 is 16.3 Å². The Morgan fingerprint density at radius 2 is 2.00 bits per heavy atom. The Morgan fingerprint density at radius 1 is 1.41 bits per heavy atom. The van der Waals surface area contributed by atoms with Gasteiger partial charge in [0.15, 0.2) is 0 Å². The maximum Gasteiger partial charge on any atom is 0.334 e. The Labute approximate surface area is 99.5 Å². The number of hydrogen-bond acceptors (Lipinski definition) is 4. The maximum atomic E-state index is 11.3. The van der Waals surface area contributed by atoms with Gasteiger partial charge < -0.3 is 4.74 Å². The van der Waals surface area contributed by atoms with Crippen LogP contribution in [0.15, 0.2) is 30.3 Å². The SMILES string of the molecule is COC(=O)[C@H](Cc1ccccc1)NS(=O)(=O)O. The molecule has 0 heterocycles. The lowest BCUT2D eigenvalue weighted by atomic mass is 10.1. The highest BCUT2D eigenvalue weighted by Gasteiger charge is 2.24. The summed E-state index contributed by atoms with van der Waals surface area (Å²) in [7, 11) is -3.30. The van der Waals surface area contributed by atoms with Gasteiger partial charge in [-0.25, -0.2) is 0 Å². The molecule has 17 heavy (non-hydrogen) atoms. The lowest BCUT2D eigenvalue weighted by Gasteiger charge is -2.14. The van der Waals surface area contributed by atoms with Crippen LogP contribution in [0.5, 0.6) is 0 Å². The summed E-state index contributed by atoms with van der Waals surface area (Å²) < 4.78 is 36.3. The van der Waals surface area contributed by atoms with Crippen LogP contribution in [0.25, 0.3) is 0 Å². The van der Waals surface area contributed by atoms with Gasteiger partial charge in [-0.15, -0.1) is 0 Å². The number of rotatable bonds is 5. The summed E-state index contributed by atoms with van der Waals surface area (Å²) in [6, 6.07) is 7.65. The molecule has 1 rings (SSSR count). The maximum absolute atomic E-state index is 11.3. The lowest BCUT2D eigenvalue weighted by molar-refractivity contribution is -0.142. The summed E-state index contributed by atoms with van der Waals surface area (Å²) >= 11 is 0. The molecule has 0 aliphatic carbocycles. The molecule has 0 saturated carbocycles. The van der Waals surface area contributed by atoms with Crippen LogP contribution in [0, 0.1) is 0 Å². The predicted octanol–water partition coefficient (Wildman–Crippen LogP) is 0.163. The van der Waals surface area contributed by atoms with Gasteiger partial charge in [-0.05, 0) is 12.0 Å². The number of methoxy groups -OCH3 is 1. The molecular weight excluding hydrogens is 246 g/mol. The number of esters is 1. The summed E-state index contributed by atoms with van der Waals surface area (Å²) in [6.45, 7) is 0. The topological polar surface area (TPSA) is 92.7 Å². The van der Waals surface area contributed by atoms with E-state index in [-0.39, 0.29) is 6.42 Å². The second-order valence-corrected chi connectivity index (χ2v) is 4.54. The van der Waals surface area contributed by atoms with Gasteiger partial charge in [-0.1, -0.05) is 30.3 Å². The molecule has 1 atom stereocenters. The number of hydrogen-bond donors (Lipinski definition) is 2. The molecule has 94 valence electrons. The molecule has 7 heteroatoms. The minimum Gasteiger partial charge on any atom is -0.468 e.